The number of sulfonamides is 1. The van der Waals surface area contributed by atoms with Gasteiger partial charge < -0.3 is 9.47 Å². The highest BCUT2D eigenvalue weighted by Crippen LogP contribution is 2.31. The highest BCUT2D eigenvalue weighted by atomic mass is 32.2. The van der Waals surface area contributed by atoms with Crippen LogP contribution in [0.15, 0.2) is 23.3 Å². The van der Waals surface area contributed by atoms with Gasteiger partial charge in [0.1, 0.15) is 0 Å². The zero-order valence-electron chi connectivity index (χ0n) is 8.50. The minimum absolute atomic E-state index is 0.206. The molecule has 6 nitrogen and oxygen atoms in total. The monoisotopic (exact) mass is 242 g/mol. The number of fused-ring (bicyclic) bond motifs is 1. The zero-order chi connectivity index (χ0) is 11.6. The van der Waals surface area contributed by atoms with Gasteiger partial charge in [-0.05, 0) is 23.8 Å². The summed E-state index contributed by atoms with van der Waals surface area (Å²) in [6.45, 7) is 0.206. The van der Waals surface area contributed by atoms with Crippen LogP contribution in [0.5, 0.6) is 11.5 Å². The first-order valence-electron chi connectivity index (χ1n) is 4.44. The van der Waals surface area contributed by atoms with E-state index in [9.17, 15) is 8.42 Å². The topological polar surface area (TPSA) is 77.0 Å². The van der Waals surface area contributed by atoms with Crippen LogP contribution in [0.2, 0.25) is 0 Å². The Labute approximate surface area is 92.9 Å². The molecule has 0 saturated heterocycles. The van der Waals surface area contributed by atoms with Crippen molar-refractivity contribution in [3.63, 3.8) is 0 Å². The van der Waals surface area contributed by atoms with Crippen LogP contribution < -0.4 is 14.3 Å². The van der Waals surface area contributed by atoms with Gasteiger partial charge in [-0.15, -0.1) is 0 Å². The molecule has 1 aromatic rings. The number of nitrogens with zero attached hydrogens (tertiary/aromatic N) is 1. The van der Waals surface area contributed by atoms with E-state index < -0.39 is 10.0 Å². The van der Waals surface area contributed by atoms with Crippen molar-refractivity contribution in [2.75, 3.05) is 13.0 Å². The van der Waals surface area contributed by atoms with Crippen LogP contribution in [0, 0.1) is 0 Å². The molecule has 0 aromatic heterocycles. The van der Waals surface area contributed by atoms with Gasteiger partial charge in [0, 0.05) is 0 Å². The molecule has 7 heteroatoms. The molecule has 0 atom stereocenters. The first-order chi connectivity index (χ1) is 7.54. The Hall–Kier alpha value is -1.76. The van der Waals surface area contributed by atoms with Crippen molar-refractivity contribution >= 4 is 16.2 Å². The molecule has 0 unspecified atom stereocenters. The molecule has 0 aliphatic carbocycles. The van der Waals surface area contributed by atoms with Crippen molar-refractivity contribution < 1.29 is 17.9 Å². The summed E-state index contributed by atoms with van der Waals surface area (Å²) in [5.74, 6) is 1.30. The Balaban J connectivity index is 2.11. The third kappa shape index (κ3) is 2.63. The van der Waals surface area contributed by atoms with Crippen LogP contribution in [-0.2, 0) is 10.0 Å². The summed E-state index contributed by atoms with van der Waals surface area (Å²) < 4.78 is 31.8. The van der Waals surface area contributed by atoms with Gasteiger partial charge in [-0.25, -0.2) is 13.2 Å². The van der Waals surface area contributed by atoms with E-state index >= 15 is 0 Å². The van der Waals surface area contributed by atoms with Crippen molar-refractivity contribution in [2.24, 2.45) is 5.10 Å². The molecule has 1 aromatic carbocycles. The van der Waals surface area contributed by atoms with Gasteiger partial charge in [-0.2, -0.15) is 5.10 Å². The summed E-state index contributed by atoms with van der Waals surface area (Å²) in [6, 6.07) is 5.21. The van der Waals surface area contributed by atoms with Crippen LogP contribution in [-0.4, -0.2) is 27.7 Å². The fourth-order valence-corrected chi connectivity index (χ4v) is 1.43. The third-order valence-electron chi connectivity index (χ3n) is 1.83. The van der Waals surface area contributed by atoms with Gasteiger partial charge in [0.05, 0.1) is 12.5 Å². The van der Waals surface area contributed by atoms with Gasteiger partial charge in [-0.3, -0.25) is 0 Å². The predicted molar refractivity (Wildman–Crippen MR) is 58.1 cm³/mol. The number of rotatable bonds is 3. The SMILES string of the molecule is CS(=O)(=O)N/N=C\c1ccc2c(c1)OCO2. The minimum Gasteiger partial charge on any atom is -0.454 e. The Morgan fingerprint density at radius 3 is 2.88 bits per heavy atom. The molecule has 1 aliphatic heterocycles. The Bertz CT molecular complexity index is 524. The molecule has 0 amide bonds. The van der Waals surface area contributed by atoms with E-state index in [0.717, 1.165) is 11.8 Å². The number of ether oxygens (including phenoxy) is 2. The molecule has 0 bridgehead atoms. The number of hydrogen-bond donors (Lipinski definition) is 1. The Kier molecular flexibility index (Phi) is 2.69. The summed E-state index contributed by atoms with van der Waals surface area (Å²) in [5.41, 5.74) is 0.723. The smallest absolute Gasteiger partial charge is 0.244 e. The van der Waals surface area contributed by atoms with Crippen LogP contribution in [0.4, 0.5) is 0 Å². The lowest BCUT2D eigenvalue weighted by molar-refractivity contribution is 0.174. The van der Waals surface area contributed by atoms with E-state index in [4.69, 9.17) is 9.47 Å². The van der Waals surface area contributed by atoms with Crippen LogP contribution in [0.1, 0.15) is 5.56 Å². The predicted octanol–water partition coefficient (Wildman–Crippen LogP) is 0.298. The van der Waals surface area contributed by atoms with E-state index in [1.165, 1.54) is 6.21 Å². The number of hydrogen-bond acceptors (Lipinski definition) is 5. The molecule has 86 valence electrons. The highest BCUT2D eigenvalue weighted by molar-refractivity contribution is 7.88. The Morgan fingerprint density at radius 2 is 2.12 bits per heavy atom. The molecule has 1 heterocycles. The van der Waals surface area contributed by atoms with Crippen LogP contribution >= 0.6 is 0 Å². The molecular weight excluding hydrogens is 232 g/mol. The second-order valence-electron chi connectivity index (χ2n) is 3.23. The van der Waals surface area contributed by atoms with E-state index in [2.05, 4.69) is 5.10 Å². The molecule has 0 spiro atoms. The van der Waals surface area contributed by atoms with E-state index in [-0.39, 0.29) is 6.79 Å². The largest absolute Gasteiger partial charge is 0.454 e. The summed E-state index contributed by atoms with van der Waals surface area (Å²) in [4.78, 5) is 2.01. The van der Waals surface area contributed by atoms with Crippen molar-refractivity contribution in [1.82, 2.24) is 4.83 Å². The third-order valence-corrected chi connectivity index (χ3v) is 2.27. The second-order valence-corrected chi connectivity index (χ2v) is 4.96. The summed E-state index contributed by atoms with van der Waals surface area (Å²) in [5, 5.41) is 3.58. The maximum atomic E-state index is 10.7. The molecule has 0 fully saturated rings. The standard InChI is InChI=1S/C9H10N2O4S/c1-16(12,13)11-10-5-7-2-3-8-9(4-7)15-6-14-8/h2-5,11H,6H2,1H3/b10-5-. The zero-order valence-corrected chi connectivity index (χ0v) is 9.32. The van der Waals surface area contributed by atoms with Crippen molar-refractivity contribution in [3.8, 4) is 11.5 Å². The summed E-state index contributed by atoms with van der Waals surface area (Å²) in [6.07, 6.45) is 2.42. The minimum atomic E-state index is -3.31. The number of hydrazone groups is 1. The van der Waals surface area contributed by atoms with E-state index in [1.807, 2.05) is 4.83 Å². The number of benzene rings is 1. The fraction of sp³-hybridized carbons (Fsp3) is 0.222. The molecule has 1 aliphatic rings. The van der Waals surface area contributed by atoms with Gasteiger partial charge in [0.2, 0.25) is 16.8 Å². The molecule has 1 N–H and O–H groups in total. The van der Waals surface area contributed by atoms with Gasteiger partial charge in [0.25, 0.3) is 0 Å². The van der Waals surface area contributed by atoms with Gasteiger partial charge in [0.15, 0.2) is 11.5 Å². The normalized spacial score (nSPS) is 14.3. The first-order valence-corrected chi connectivity index (χ1v) is 6.33. The van der Waals surface area contributed by atoms with Gasteiger partial charge >= 0.3 is 0 Å². The van der Waals surface area contributed by atoms with Crippen LogP contribution in [0.25, 0.3) is 0 Å². The fourth-order valence-electron chi connectivity index (χ4n) is 1.19. The maximum absolute atomic E-state index is 10.7. The van der Waals surface area contributed by atoms with Gasteiger partial charge in [-0.1, -0.05) is 0 Å². The van der Waals surface area contributed by atoms with Crippen molar-refractivity contribution in [3.05, 3.63) is 23.8 Å². The maximum Gasteiger partial charge on any atom is 0.244 e. The van der Waals surface area contributed by atoms with E-state index in [1.54, 1.807) is 18.2 Å². The lowest BCUT2D eigenvalue weighted by atomic mass is 10.2. The summed E-state index contributed by atoms with van der Waals surface area (Å²) >= 11 is 0. The second kappa shape index (κ2) is 4.01. The highest BCUT2D eigenvalue weighted by Gasteiger charge is 2.12. The van der Waals surface area contributed by atoms with Crippen molar-refractivity contribution in [2.45, 2.75) is 0 Å². The molecule has 16 heavy (non-hydrogen) atoms. The average molecular weight is 242 g/mol. The van der Waals surface area contributed by atoms with Crippen molar-refractivity contribution in [1.29, 1.82) is 0 Å². The molecule has 2 rings (SSSR count). The number of nitrogens with one attached hydrogen (secondary N) is 1. The lowest BCUT2D eigenvalue weighted by Gasteiger charge is -1.97. The first kappa shape index (κ1) is 10.7. The van der Waals surface area contributed by atoms with E-state index in [0.29, 0.717) is 11.5 Å². The Morgan fingerprint density at radius 1 is 1.38 bits per heavy atom. The molecular formula is C9H10N2O4S. The van der Waals surface area contributed by atoms with Crippen LogP contribution in [0.3, 0.4) is 0 Å². The quantitative estimate of drug-likeness (QED) is 0.611. The lowest BCUT2D eigenvalue weighted by Crippen LogP contribution is -2.15. The molecule has 0 saturated carbocycles. The average Bonchev–Trinajstić information content (AvgIpc) is 2.62. The molecule has 0 radical (unpaired) electrons. The summed E-state index contributed by atoms with van der Waals surface area (Å²) in [7, 11) is -3.31.